The van der Waals surface area contributed by atoms with E-state index in [1.165, 1.54) is 0 Å². The van der Waals surface area contributed by atoms with E-state index in [-0.39, 0.29) is 19.0 Å². The Labute approximate surface area is 215 Å². The molecule has 0 unspecified atom stereocenters. The number of nitrogens with zero attached hydrogens (tertiary/aromatic N) is 5. The number of nitriles is 1. The Kier molecular flexibility index (Phi) is 7.89. The molecule has 0 aliphatic carbocycles. The lowest BCUT2D eigenvalue weighted by Gasteiger charge is -2.17. The molecule has 10 nitrogen and oxygen atoms in total. The van der Waals surface area contributed by atoms with Crippen LogP contribution >= 0.6 is 7.60 Å². The number of carbonyl (C=O) groups is 1. The summed E-state index contributed by atoms with van der Waals surface area (Å²) >= 11 is 0. The van der Waals surface area contributed by atoms with Crippen LogP contribution in [0.5, 0.6) is 0 Å². The maximum absolute atomic E-state index is 13.4. The molecule has 0 saturated heterocycles. The third kappa shape index (κ3) is 5.49. The monoisotopic (exact) mass is 520 g/mol. The summed E-state index contributed by atoms with van der Waals surface area (Å²) in [6, 6.07) is 16.1. The van der Waals surface area contributed by atoms with Crippen LogP contribution < -0.4 is 10.6 Å². The summed E-state index contributed by atoms with van der Waals surface area (Å²) in [6.07, 6.45) is 0. The molecule has 0 atom stereocenters. The molecule has 0 radical (unpaired) electrons. The number of anilines is 1. The molecule has 0 aliphatic rings. The Morgan fingerprint density at radius 1 is 1.08 bits per heavy atom. The smallest absolute Gasteiger partial charge is 0.315 e. The predicted molar refractivity (Wildman–Crippen MR) is 141 cm³/mol. The van der Waals surface area contributed by atoms with Crippen molar-refractivity contribution < 1.29 is 18.4 Å². The van der Waals surface area contributed by atoms with Crippen LogP contribution in [0.4, 0.5) is 5.82 Å². The lowest BCUT2D eigenvalue weighted by atomic mass is 10.2. The van der Waals surface area contributed by atoms with Crippen molar-refractivity contribution in [3.63, 3.8) is 0 Å². The molecule has 0 bridgehead atoms. The summed E-state index contributed by atoms with van der Waals surface area (Å²) in [5.41, 5.74) is 3.35. The first-order chi connectivity index (χ1) is 17.8. The Bertz CT molecular complexity index is 1510. The molecule has 0 aliphatic heterocycles. The number of nitrogens with one attached hydrogen (secondary N) is 1. The first-order valence-corrected chi connectivity index (χ1v) is 13.6. The molecule has 11 heteroatoms. The minimum atomic E-state index is -3.40. The molecular weight excluding hydrogens is 491 g/mol. The molecule has 1 N–H and O–H groups in total. The summed E-state index contributed by atoms with van der Waals surface area (Å²) in [7, 11) is -3.40. The minimum Gasteiger partial charge on any atom is -0.315 e. The Hall–Kier alpha value is -3.77. The summed E-state index contributed by atoms with van der Waals surface area (Å²) in [4.78, 5) is 18.0. The van der Waals surface area contributed by atoms with Crippen molar-refractivity contribution >= 4 is 35.7 Å². The number of hydrogen-bond donors (Lipinski definition) is 1. The Balaban J connectivity index is 1.71. The Morgan fingerprint density at radius 3 is 2.41 bits per heavy atom. The van der Waals surface area contributed by atoms with E-state index >= 15 is 0 Å². The van der Waals surface area contributed by atoms with Gasteiger partial charge in [-0.3, -0.25) is 9.36 Å². The predicted octanol–water partition coefficient (Wildman–Crippen LogP) is 4.62. The van der Waals surface area contributed by atoms with E-state index in [2.05, 4.69) is 21.5 Å². The topological polar surface area (TPSA) is 124 Å². The average molecular weight is 521 g/mol. The number of amides is 1. The minimum absolute atomic E-state index is 0.199. The van der Waals surface area contributed by atoms with Crippen LogP contribution in [0, 0.1) is 18.3 Å². The molecule has 0 saturated carbocycles. The molecule has 4 rings (SSSR count). The maximum atomic E-state index is 13.4. The number of aryl methyl sites for hydroxylation is 2. The summed E-state index contributed by atoms with van der Waals surface area (Å²) in [5, 5.41) is 17.1. The number of rotatable bonds is 10. The zero-order chi connectivity index (χ0) is 26.6. The maximum Gasteiger partial charge on any atom is 0.361 e. The molecule has 4 aromatic rings. The highest BCUT2D eigenvalue weighted by Gasteiger charge is 2.26. The van der Waals surface area contributed by atoms with Gasteiger partial charge in [-0.1, -0.05) is 12.1 Å². The van der Waals surface area contributed by atoms with E-state index in [1.807, 2.05) is 26.0 Å². The van der Waals surface area contributed by atoms with Crippen molar-refractivity contribution in [2.45, 2.75) is 40.8 Å². The highest BCUT2D eigenvalue weighted by molar-refractivity contribution is 7.62. The normalized spacial score (nSPS) is 11.5. The fourth-order valence-electron chi connectivity index (χ4n) is 4.08. The lowest BCUT2D eigenvalue weighted by molar-refractivity contribution is 0.101. The quantitative estimate of drug-likeness (QED) is 0.303. The second-order valence-corrected chi connectivity index (χ2v) is 10.3. The molecule has 2 heterocycles. The highest BCUT2D eigenvalue weighted by Crippen LogP contribution is 2.46. The number of imidazole rings is 1. The molecule has 1 amide bonds. The third-order valence-corrected chi connectivity index (χ3v) is 7.84. The van der Waals surface area contributed by atoms with E-state index in [9.17, 15) is 14.6 Å². The van der Waals surface area contributed by atoms with Crippen LogP contribution in [0.2, 0.25) is 0 Å². The van der Waals surface area contributed by atoms with Crippen LogP contribution in [0.3, 0.4) is 0 Å². The van der Waals surface area contributed by atoms with Crippen molar-refractivity contribution in [2.24, 2.45) is 0 Å². The summed E-state index contributed by atoms with van der Waals surface area (Å²) < 4.78 is 27.5. The van der Waals surface area contributed by atoms with Gasteiger partial charge in [-0.05, 0) is 63.6 Å². The van der Waals surface area contributed by atoms with Gasteiger partial charge in [-0.25, -0.2) is 9.67 Å². The van der Waals surface area contributed by atoms with Gasteiger partial charge < -0.3 is 18.9 Å². The number of hydrogen-bond acceptors (Lipinski definition) is 7. The molecule has 2 aromatic carbocycles. The lowest BCUT2D eigenvalue weighted by Crippen LogP contribution is -2.20. The van der Waals surface area contributed by atoms with Gasteiger partial charge in [0.25, 0.3) is 5.91 Å². The van der Waals surface area contributed by atoms with Gasteiger partial charge >= 0.3 is 7.60 Å². The van der Waals surface area contributed by atoms with Gasteiger partial charge in [-0.2, -0.15) is 10.4 Å². The summed E-state index contributed by atoms with van der Waals surface area (Å²) in [6.45, 7) is 8.79. The fourth-order valence-corrected chi connectivity index (χ4v) is 5.65. The molecule has 37 heavy (non-hydrogen) atoms. The van der Waals surface area contributed by atoms with Gasteiger partial charge in [-0.15, -0.1) is 0 Å². The van der Waals surface area contributed by atoms with Crippen LogP contribution in [0.1, 0.15) is 48.2 Å². The zero-order valence-electron chi connectivity index (χ0n) is 21.3. The number of aromatic nitrogens is 4. The number of carbonyl (C=O) groups excluding carboxylic acids is 1. The van der Waals surface area contributed by atoms with Crippen molar-refractivity contribution in [1.82, 2.24) is 19.3 Å². The first kappa shape index (κ1) is 26.3. The van der Waals surface area contributed by atoms with Crippen LogP contribution in [0.25, 0.3) is 11.0 Å². The van der Waals surface area contributed by atoms with Crippen molar-refractivity contribution in [1.29, 1.82) is 5.26 Å². The van der Waals surface area contributed by atoms with Gasteiger partial charge in [0.2, 0.25) is 5.82 Å². The van der Waals surface area contributed by atoms with Crippen LogP contribution in [-0.2, 0) is 26.7 Å². The highest BCUT2D eigenvalue weighted by atomic mass is 31.2. The van der Waals surface area contributed by atoms with E-state index in [1.54, 1.807) is 59.5 Å². The molecule has 0 fully saturated rings. The Morgan fingerprint density at radius 2 is 1.78 bits per heavy atom. The van der Waals surface area contributed by atoms with E-state index in [4.69, 9.17) is 9.05 Å². The zero-order valence-corrected chi connectivity index (χ0v) is 22.2. The van der Waals surface area contributed by atoms with E-state index < -0.39 is 13.5 Å². The molecule has 0 spiro atoms. The van der Waals surface area contributed by atoms with Crippen LogP contribution in [-0.4, -0.2) is 38.5 Å². The standard InChI is InChI=1S/C26H29N6O4P/c1-5-32-24(14-18(4)30-32)29-26(33)25-28-22-15-20(16-27)10-13-23(22)31(25)17-19-8-11-21(12-9-19)37(34,35-6-2)36-7-3/h8-15H,5-7,17H2,1-4H3,(H,29,33). The molecule has 192 valence electrons. The van der Waals surface area contributed by atoms with Crippen LogP contribution in [0.15, 0.2) is 48.5 Å². The third-order valence-electron chi connectivity index (χ3n) is 5.72. The average Bonchev–Trinajstić information content (AvgIpc) is 3.43. The fraction of sp³-hybridized carbons (Fsp3) is 0.308. The number of fused-ring (bicyclic) bond motifs is 1. The van der Waals surface area contributed by atoms with E-state index in [0.29, 0.717) is 40.8 Å². The van der Waals surface area contributed by atoms with Crippen molar-refractivity contribution in [3.8, 4) is 6.07 Å². The summed E-state index contributed by atoms with van der Waals surface area (Å²) in [5.74, 6) is 0.386. The van der Waals surface area contributed by atoms with Crippen molar-refractivity contribution in [2.75, 3.05) is 18.5 Å². The molecular formula is C26H29N6O4P. The molecule has 2 aromatic heterocycles. The second kappa shape index (κ2) is 11.1. The van der Waals surface area contributed by atoms with Gasteiger partial charge in [0.15, 0.2) is 0 Å². The second-order valence-electron chi connectivity index (χ2n) is 8.28. The SMILES string of the molecule is CCOP(=O)(OCC)c1ccc(Cn2c(C(=O)Nc3cc(C)nn3CC)nc3cc(C#N)ccc32)cc1. The number of benzene rings is 2. The van der Waals surface area contributed by atoms with Crippen molar-refractivity contribution in [3.05, 3.63) is 71.2 Å². The van der Waals surface area contributed by atoms with Gasteiger partial charge in [0, 0.05) is 19.2 Å². The first-order valence-electron chi connectivity index (χ1n) is 12.1. The largest absolute Gasteiger partial charge is 0.361 e. The van der Waals surface area contributed by atoms with Gasteiger partial charge in [0.1, 0.15) is 5.82 Å². The van der Waals surface area contributed by atoms with Gasteiger partial charge in [0.05, 0.1) is 46.9 Å². The van der Waals surface area contributed by atoms with E-state index in [0.717, 1.165) is 11.3 Å².